The Morgan fingerprint density at radius 2 is 1.10 bits per heavy atom. The van der Waals surface area contributed by atoms with Crippen LogP contribution in [0.5, 0.6) is 0 Å². The predicted octanol–water partition coefficient (Wildman–Crippen LogP) is 5.01. The van der Waals surface area contributed by atoms with Gasteiger partial charge in [-0.1, -0.05) is 56.2 Å². The summed E-state index contributed by atoms with van der Waals surface area (Å²) in [6, 6.07) is 16.1. The van der Waals surface area contributed by atoms with E-state index in [1.165, 1.54) is 11.1 Å². The van der Waals surface area contributed by atoms with E-state index in [-0.39, 0.29) is 5.91 Å². The Morgan fingerprint density at radius 1 is 0.762 bits per heavy atom. The minimum Gasteiger partial charge on any atom is -0.281 e. The van der Waals surface area contributed by atoms with Crippen molar-refractivity contribution in [1.29, 1.82) is 0 Å². The van der Waals surface area contributed by atoms with E-state index in [2.05, 4.69) is 0 Å². The average Bonchev–Trinajstić information content (AvgIpc) is 2.42. The van der Waals surface area contributed by atoms with Gasteiger partial charge in [-0.3, -0.25) is 9.69 Å². The summed E-state index contributed by atoms with van der Waals surface area (Å²) in [6.45, 7) is 9.94. The summed E-state index contributed by atoms with van der Waals surface area (Å²) < 4.78 is 0. The molecular formula is C19H23NO. The van der Waals surface area contributed by atoms with Gasteiger partial charge in [0.2, 0.25) is 5.91 Å². The summed E-state index contributed by atoms with van der Waals surface area (Å²) in [7, 11) is 0. The predicted molar refractivity (Wildman–Crippen MR) is 89.0 cm³/mol. The van der Waals surface area contributed by atoms with Gasteiger partial charge in [-0.15, -0.1) is 0 Å². The summed E-state index contributed by atoms with van der Waals surface area (Å²) in [5.41, 5.74) is 3.75. The quantitative estimate of drug-likeness (QED) is 0.757. The molecule has 0 fully saturated rings. The molecule has 0 radical (unpaired) electrons. The maximum absolute atomic E-state index is 12.9. The minimum absolute atomic E-state index is 0.0928. The van der Waals surface area contributed by atoms with E-state index in [4.69, 9.17) is 0 Å². The van der Waals surface area contributed by atoms with E-state index in [1.54, 1.807) is 4.90 Å². The van der Waals surface area contributed by atoms with Crippen molar-refractivity contribution in [2.24, 2.45) is 5.41 Å². The van der Waals surface area contributed by atoms with Crippen molar-refractivity contribution in [1.82, 2.24) is 0 Å². The number of carbonyl (C=O) groups excluding carboxylic acids is 1. The van der Waals surface area contributed by atoms with Crippen LogP contribution in [0.1, 0.15) is 31.9 Å². The van der Waals surface area contributed by atoms with Gasteiger partial charge < -0.3 is 0 Å². The number of aryl methyl sites for hydroxylation is 2. The Labute approximate surface area is 127 Å². The highest BCUT2D eigenvalue weighted by atomic mass is 16.2. The molecule has 0 aliphatic carbocycles. The molecule has 2 nitrogen and oxygen atoms in total. The van der Waals surface area contributed by atoms with Crippen LogP contribution in [-0.2, 0) is 4.79 Å². The highest BCUT2D eigenvalue weighted by molar-refractivity contribution is 6.03. The van der Waals surface area contributed by atoms with E-state index < -0.39 is 5.41 Å². The van der Waals surface area contributed by atoms with Gasteiger partial charge in [0, 0.05) is 16.8 Å². The average molecular weight is 281 g/mol. The molecule has 0 aliphatic heterocycles. The van der Waals surface area contributed by atoms with Crippen molar-refractivity contribution in [2.75, 3.05) is 4.90 Å². The van der Waals surface area contributed by atoms with Crippen molar-refractivity contribution >= 4 is 17.3 Å². The molecule has 2 aromatic rings. The third kappa shape index (κ3) is 3.52. The van der Waals surface area contributed by atoms with Gasteiger partial charge in [0.25, 0.3) is 0 Å². The van der Waals surface area contributed by atoms with Gasteiger partial charge >= 0.3 is 0 Å². The third-order valence-electron chi connectivity index (χ3n) is 3.43. The second-order valence-electron chi connectivity index (χ2n) is 6.56. The minimum atomic E-state index is -0.435. The topological polar surface area (TPSA) is 20.3 Å². The van der Waals surface area contributed by atoms with Crippen molar-refractivity contribution in [3.63, 3.8) is 0 Å². The SMILES string of the molecule is Cc1ccc(N(C(=O)C(C)(C)C)c2ccc(C)cc2)cc1. The molecule has 0 unspecified atom stereocenters. The van der Waals surface area contributed by atoms with Crippen LogP contribution in [0.15, 0.2) is 48.5 Å². The number of carbonyl (C=O) groups is 1. The highest BCUT2D eigenvalue weighted by Gasteiger charge is 2.29. The molecule has 0 atom stereocenters. The van der Waals surface area contributed by atoms with Crippen molar-refractivity contribution in [2.45, 2.75) is 34.6 Å². The van der Waals surface area contributed by atoms with E-state index in [0.29, 0.717) is 0 Å². The number of amides is 1. The molecule has 0 aliphatic rings. The van der Waals surface area contributed by atoms with Crippen LogP contribution in [0.25, 0.3) is 0 Å². The van der Waals surface area contributed by atoms with E-state index in [0.717, 1.165) is 11.4 Å². The second kappa shape index (κ2) is 5.72. The molecule has 2 heteroatoms. The molecule has 0 spiro atoms. The van der Waals surface area contributed by atoms with Gasteiger partial charge in [-0.25, -0.2) is 0 Å². The number of hydrogen-bond acceptors (Lipinski definition) is 1. The zero-order valence-corrected chi connectivity index (χ0v) is 13.5. The van der Waals surface area contributed by atoms with Gasteiger partial charge in [-0.05, 0) is 38.1 Å². The van der Waals surface area contributed by atoms with E-state index >= 15 is 0 Å². The number of hydrogen-bond donors (Lipinski definition) is 0. The number of anilines is 2. The molecule has 110 valence electrons. The summed E-state index contributed by atoms with van der Waals surface area (Å²) in [4.78, 5) is 14.7. The monoisotopic (exact) mass is 281 g/mol. The standard InChI is InChI=1S/C19H23NO/c1-14-6-10-16(11-7-14)20(18(21)19(3,4)5)17-12-8-15(2)9-13-17/h6-13H,1-5H3. The first kappa shape index (κ1) is 15.3. The van der Waals surface area contributed by atoms with Crippen LogP contribution in [0.3, 0.4) is 0 Å². The fourth-order valence-corrected chi connectivity index (χ4v) is 2.11. The van der Waals surface area contributed by atoms with Crippen molar-refractivity contribution in [3.8, 4) is 0 Å². The van der Waals surface area contributed by atoms with Crippen molar-refractivity contribution in [3.05, 3.63) is 59.7 Å². The highest BCUT2D eigenvalue weighted by Crippen LogP contribution is 2.31. The zero-order valence-electron chi connectivity index (χ0n) is 13.5. The van der Waals surface area contributed by atoms with Crippen LogP contribution in [0.4, 0.5) is 11.4 Å². The van der Waals surface area contributed by atoms with Gasteiger partial charge in [0.15, 0.2) is 0 Å². The summed E-state index contributed by atoms with van der Waals surface area (Å²) in [5.74, 6) is 0.0928. The lowest BCUT2D eigenvalue weighted by Crippen LogP contribution is -2.36. The molecule has 0 bridgehead atoms. The van der Waals surface area contributed by atoms with Crippen LogP contribution < -0.4 is 4.90 Å². The Balaban J connectivity index is 2.51. The Bertz CT molecular complexity index is 573. The Hall–Kier alpha value is -2.09. The van der Waals surface area contributed by atoms with Crippen LogP contribution in [0, 0.1) is 19.3 Å². The lowest BCUT2D eigenvalue weighted by molar-refractivity contribution is -0.125. The first-order valence-corrected chi connectivity index (χ1v) is 7.27. The van der Waals surface area contributed by atoms with Gasteiger partial charge in [0.1, 0.15) is 0 Å². The molecule has 0 heterocycles. The lowest BCUT2D eigenvalue weighted by Gasteiger charge is -2.30. The Kier molecular flexibility index (Phi) is 4.17. The van der Waals surface area contributed by atoms with E-state index in [1.807, 2.05) is 83.1 Å². The number of nitrogens with zero attached hydrogens (tertiary/aromatic N) is 1. The second-order valence-corrected chi connectivity index (χ2v) is 6.56. The third-order valence-corrected chi connectivity index (χ3v) is 3.43. The summed E-state index contributed by atoms with van der Waals surface area (Å²) in [6.07, 6.45) is 0. The smallest absolute Gasteiger partial charge is 0.236 e. The van der Waals surface area contributed by atoms with Gasteiger partial charge in [-0.2, -0.15) is 0 Å². The Morgan fingerprint density at radius 3 is 1.38 bits per heavy atom. The normalized spacial score (nSPS) is 11.3. The number of benzene rings is 2. The molecule has 1 amide bonds. The maximum Gasteiger partial charge on any atom is 0.236 e. The first-order valence-electron chi connectivity index (χ1n) is 7.27. The molecule has 2 rings (SSSR count). The van der Waals surface area contributed by atoms with Crippen molar-refractivity contribution < 1.29 is 4.79 Å². The molecule has 21 heavy (non-hydrogen) atoms. The molecular weight excluding hydrogens is 258 g/mol. The van der Waals surface area contributed by atoms with Crippen LogP contribution >= 0.6 is 0 Å². The number of rotatable bonds is 2. The summed E-state index contributed by atoms with van der Waals surface area (Å²) in [5, 5.41) is 0. The molecule has 0 aromatic heterocycles. The fourth-order valence-electron chi connectivity index (χ4n) is 2.11. The first-order chi connectivity index (χ1) is 9.79. The summed E-state index contributed by atoms with van der Waals surface area (Å²) >= 11 is 0. The molecule has 0 N–H and O–H groups in total. The maximum atomic E-state index is 12.9. The fraction of sp³-hybridized carbons (Fsp3) is 0.316. The van der Waals surface area contributed by atoms with Gasteiger partial charge in [0.05, 0.1) is 0 Å². The lowest BCUT2D eigenvalue weighted by atomic mass is 9.94. The zero-order chi connectivity index (χ0) is 15.6. The van der Waals surface area contributed by atoms with Crippen LogP contribution in [-0.4, -0.2) is 5.91 Å². The molecule has 0 saturated heterocycles. The largest absolute Gasteiger partial charge is 0.281 e. The molecule has 0 saturated carbocycles. The molecule has 2 aromatic carbocycles. The van der Waals surface area contributed by atoms with E-state index in [9.17, 15) is 4.79 Å². The van der Waals surface area contributed by atoms with Crippen LogP contribution in [0.2, 0.25) is 0 Å².